The molecule has 0 radical (unpaired) electrons. The van der Waals surface area contributed by atoms with Crippen LogP contribution in [-0.2, 0) is 6.42 Å². The minimum atomic E-state index is 0.503. The van der Waals surface area contributed by atoms with Crippen molar-refractivity contribution < 1.29 is 0 Å². The molecule has 0 nitrogen and oxygen atoms in total. The van der Waals surface area contributed by atoms with Gasteiger partial charge in [-0.1, -0.05) is 49.5 Å². The molecule has 0 aliphatic carbocycles. The highest BCUT2D eigenvalue weighted by Crippen LogP contribution is 2.13. The van der Waals surface area contributed by atoms with Crippen molar-refractivity contribution in [1.29, 1.82) is 0 Å². The molecule has 0 saturated heterocycles. The second-order valence-electron chi connectivity index (χ2n) is 2.89. The third kappa shape index (κ3) is 3.19. The molecule has 1 aromatic rings. The zero-order valence-electron chi connectivity index (χ0n) is 6.96. The van der Waals surface area contributed by atoms with Crippen molar-refractivity contribution in [2.45, 2.75) is 13.3 Å². The monoisotopic (exact) mass is 290 g/mol. The van der Waals surface area contributed by atoms with Gasteiger partial charge in [-0.3, -0.25) is 0 Å². The zero-order chi connectivity index (χ0) is 8.97. The van der Waals surface area contributed by atoms with Gasteiger partial charge in [-0.2, -0.15) is 0 Å². The summed E-state index contributed by atoms with van der Waals surface area (Å²) in [5.41, 5.74) is 1.36. The van der Waals surface area contributed by atoms with Crippen LogP contribution in [0.15, 0.2) is 30.3 Å². The van der Waals surface area contributed by atoms with Crippen LogP contribution in [-0.4, -0.2) is 2.87 Å². The van der Waals surface area contributed by atoms with Crippen LogP contribution in [0.25, 0.3) is 0 Å². The Morgan fingerprint density at radius 3 is 2.50 bits per heavy atom. The molecule has 0 N–H and O–H groups in total. The van der Waals surface area contributed by atoms with E-state index in [1.807, 2.05) is 6.07 Å². The van der Waals surface area contributed by atoms with Gasteiger partial charge in [0, 0.05) is 5.92 Å². The Hall–Kier alpha value is 0.0400. The van der Waals surface area contributed by atoms with Gasteiger partial charge in [0.15, 0.2) is 0 Å². The van der Waals surface area contributed by atoms with Crippen LogP contribution < -0.4 is 0 Å². The number of thiocarbonyl (C=S) groups is 1. The highest BCUT2D eigenvalue weighted by molar-refractivity contribution is 14.1. The molecule has 0 aliphatic heterocycles. The van der Waals surface area contributed by atoms with E-state index in [-0.39, 0.29) is 0 Å². The maximum atomic E-state index is 5.10. The Bertz CT molecular complexity index is 256. The van der Waals surface area contributed by atoms with Crippen molar-refractivity contribution in [2.24, 2.45) is 5.92 Å². The first-order valence-corrected chi connectivity index (χ1v) is 5.42. The number of halogens is 1. The molecule has 1 aromatic carbocycles. The highest BCUT2D eigenvalue weighted by atomic mass is 127. The van der Waals surface area contributed by atoms with Crippen LogP contribution in [0.2, 0.25) is 0 Å². The molecule has 0 spiro atoms. The second-order valence-corrected chi connectivity index (χ2v) is 5.23. The molecule has 2 heteroatoms. The first kappa shape index (κ1) is 10.1. The lowest BCUT2D eigenvalue weighted by Crippen LogP contribution is -2.04. The molecule has 0 aromatic heterocycles. The third-order valence-corrected chi connectivity index (χ3v) is 3.24. The Labute approximate surface area is 92.5 Å². The van der Waals surface area contributed by atoms with Gasteiger partial charge in [-0.15, -0.1) is 0 Å². The summed E-state index contributed by atoms with van der Waals surface area (Å²) in [4.78, 5) is 0. The van der Waals surface area contributed by atoms with Gasteiger partial charge in [0.25, 0.3) is 0 Å². The average molecular weight is 290 g/mol. The van der Waals surface area contributed by atoms with E-state index in [2.05, 4.69) is 53.8 Å². The fourth-order valence-electron chi connectivity index (χ4n) is 1.05. The van der Waals surface area contributed by atoms with Crippen molar-refractivity contribution in [1.82, 2.24) is 0 Å². The van der Waals surface area contributed by atoms with Crippen molar-refractivity contribution in [3.8, 4) is 0 Å². The molecule has 12 heavy (non-hydrogen) atoms. The maximum absolute atomic E-state index is 5.10. The summed E-state index contributed by atoms with van der Waals surface area (Å²) in [5, 5.41) is 0. The van der Waals surface area contributed by atoms with Crippen molar-refractivity contribution in [2.75, 3.05) is 0 Å². The largest absolute Gasteiger partial charge is 0.0775 e. The van der Waals surface area contributed by atoms with E-state index in [4.69, 9.17) is 12.2 Å². The molecule has 1 unspecified atom stereocenters. The van der Waals surface area contributed by atoms with Crippen LogP contribution in [0.4, 0.5) is 0 Å². The summed E-state index contributed by atoms with van der Waals surface area (Å²) in [7, 11) is 0. The predicted molar refractivity (Wildman–Crippen MR) is 65.9 cm³/mol. The van der Waals surface area contributed by atoms with Crippen LogP contribution >= 0.6 is 34.8 Å². The fourth-order valence-corrected chi connectivity index (χ4v) is 1.35. The van der Waals surface area contributed by atoms with Gasteiger partial charge in [0.2, 0.25) is 0 Å². The standard InChI is InChI=1S/C10H11IS/c1-8(10(11)12)7-9-5-3-2-4-6-9/h2-6,8H,7H2,1H3. The molecular formula is C10H11IS. The van der Waals surface area contributed by atoms with Crippen molar-refractivity contribution >= 4 is 37.7 Å². The number of rotatable bonds is 3. The van der Waals surface area contributed by atoms with E-state index in [1.54, 1.807) is 0 Å². The minimum Gasteiger partial charge on any atom is -0.0775 e. The smallest absolute Gasteiger partial charge is 0.0566 e. The molecule has 0 bridgehead atoms. The number of hydrogen-bond acceptors (Lipinski definition) is 1. The summed E-state index contributed by atoms with van der Waals surface area (Å²) in [5.74, 6) is 0.503. The SMILES string of the molecule is CC(Cc1ccccc1)C(=S)I. The second kappa shape index (κ2) is 4.92. The van der Waals surface area contributed by atoms with Gasteiger partial charge in [-0.25, -0.2) is 0 Å². The zero-order valence-corrected chi connectivity index (χ0v) is 9.93. The average Bonchev–Trinajstić information content (AvgIpc) is 2.06. The Balaban J connectivity index is 2.58. The van der Waals surface area contributed by atoms with Crippen LogP contribution in [0, 0.1) is 5.92 Å². The lowest BCUT2D eigenvalue weighted by molar-refractivity contribution is 0.790. The molecular weight excluding hydrogens is 279 g/mol. The van der Waals surface area contributed by atoms with Crippen molar-refractivity contribution in [3.63, 3.8) is 0 Å². The molecule has 0 saturated carbocycles. The van der Waals surface area contributed by atoms with Crippen LogP contribution in [0.5, 0.6) is 0 Å². The normalized spacial score (nSPS) is 12.5. The summed E-state index contributed by atoms with van der Waals surface area (Å²) in [6.07, 6.45) is 1.06. The molecule has 0 fully saturated rings. The van der Waals surface area contributed by atoms with Crippen LogP contribution in [0.3, 0.4) is 0 Å². The lowest BCUT2D eigenvalue weighted by Gasteiger charge is -2.07. The quantitative estimate of drug-likeness (QED) is 0.465. The topological polar surface area (TPSA) is 0 Å². The molecule has 1 atom stereocenters. The fraction of sp³-hybridized carbons (Fsp3) is 0.300. The van der Waals surface area contributed by atoms with E-state index in [1.165, 1.54) is 5.56 Å². The van der Waals surface area contributed by atoms with E-state index < -0.39 is 0 Å². The van der Waals surface area contributed by atoms with Gasteiger partial charge in [0.05, 0.1) is 2.87 Å². The van der Waals surface area contributed by atoms with Crippen LogP contribution in [0.1, 0.15) is 12.5 Å². The Kier molecular flexibility index (Phi) is 4.15. The van der Waals surface area contributed by atoms with Gasteiger partial charge < -0.3 is 0 Å². The summed E-state index contributed by atoms with van der Waals surface area (Å²) in [6.45, 7) is 2.17. The molecule has 0 aliphatic rings. The summed E-state index contributed by atoms with van der Waals surface area (Å²) >= 11 is 7.33. The molecule has 1 rings (SSSR count). The highest BCUT2D eigenvalue weighted by Gasteiger charge is 2.05. The Morgan fingerprint density at radius 1 is 1.42 bits per heavy atom. The molecule has 64 valence electrons. The Morgan fingerprint density at radius 2 is 2.00 bits per heavy atom. The summed E-state index contributed by atoms with van der Waals surface area (Å²) in [6, 6.07) is 10.5. The van der Waals surface area contributed by atoms with Gasteiger partial charge >= 0.3 is 0 Å². The van der Waals surface area contributed by atoms with E-state index in [9.17, 15) is 0 Å². The van der Waals surface area contributed by atoms with Crippen molar-refractivity contribution in [3.05, 3.63) is 35.9 Å². The first-order valence-electron chi connectivity index (χ1n) is 3.93. The predicted octanol–water partition coefficient (Wildman–Crippen LogP) is 3.63. The number of benzene rings is 1. The van der Waals surface area contributed by atoms with E-state index >= 15 is 0 Å². The summed E-state index contributed by atoms with van der Waals surface area (Å²) < 4.78 is 1.07. The molecule has 0 amide bonds. The first-order chi connectivity index (χ1) is 5.70. The van der Waals surface area contributed by atoms with Gasteiger partial charge in [0.1, 0.15) is 0 Å². The van der Waals surface area contributed by atoms with Gasteiger partial charge in [-0.05, 0) is 34.6 Å². The maximum Gasteiger partial charge on any atom is 0.0566 e. The minimum absolute atomic E-state index is 0.503. The number of hydrogen-bond donors (Lipinski definition) is 0. The van der Waals surface area contributed by atoms with E-state index in [0.717, 1.165) is 9.29 Å². The lowest BCUT2D eigenvalue weighted by atomic mass is 10.0. The molecule has 0 heterocycles. The van der Waals surface area contributed by atoms with E-state index in [0.29, 0.717) is 5.92 Å². The third-order valence-electron chi connectivity index (χ3n) is 1.77.